The van der Waals surface area contributed by atoms with Gasteiger partial charge in [-0.2, -0.15) is 0 Å². The number of aromatic nitrogens is 2. The Morgan fingerprint density at radius 3 is 2.21 bits per heavy atom. The van der Waals surface area contributed by atoms with Crippen molar-refractivity contribution < 1.29 is 0 Å². The van der Waals surface area contributed by atoms with Crippen LogP contribution in [0.15, 0.2) is 24.3 Å². The lowest BCUT2D eigenvalue weighted by Crippen LogP contribution is -2.08. The van der Waals surface area contributed by atoms with Crippen LogP contribution in [-0.2, 0) is 0 Å². The highest BCUT2D eigenvalue weighted by atomic mass is 35.5. The van der Waals surface area contributed by atoms with Crippen LogP contribution in [0.1, 0.15) is 11.1 Å². The van der Waals surface area contributed by atoms with Gasteiger partial charge >= 0.3 is 0 Å². The quantitative estimate of drug-likeness (QED) is 0.931. The van der Waals surface area contributed by atoms with E-state index in [1.165, 1.54) is 0 Å². The molecule has 0 fully saturated rings. The summed E-state index contributed by atoms with van der Waals surface area (Å²) in [6, 6.07) is 8.13. The number of nitrogens with one attached hydrogen (secondary N) is 1. The van der Waals surface area contributed by atoms with Gasteiger partial charge in [-0.05, 0) is 49.2 Å². The second-order valence-corrected chi connectivity index (χ2v) is 5.01. The van der Waals surface area contributed by atoms with Crippen molar-refractivity contribution in [3.8, 4) is 0 Å². The van der Waals surface area contributed by atoms with Crippen LogP contribution in [-0.4, -0.2) is 24.3 Å². The predicted octanol–water partition coefficient (Wildman–Crippen LogP) is 3.56. The maximum atomic E-state index is 5.94. The molecule has 0 atom stereocenters. The monoisotopic (exact) mass is 276 g/mol. The van der Waals surface area contributed by atoms with Gasteiger partial charge in [0.05, 0.1) is 0 Å². The predicted molar refractivity (Wildman–Crippen MR) is 80.6 cm³/mol. The van der Waals surface area contributed by atoms with Crippen LogP contribution in [0.5, 0.6) is 0 Å². The first kappa shape index (κ1) is 13.6. The Balaban J connectivity index is 2.24. The standard InChI is InChI=1S/C14H17ClN4/c1-9-10(2)14(18-17-13(9)15)16-11-5-7-12(8-6-11)19(3)4/h5-8H,1-4H3,(H,16,18). The smallest absolute Gasteiger partial charge is 0.156 e. The molecule has 0 saturated carbocycles. The molecule has 19 heavy (non-hydrogen) atoms. The van der Waals surface area contributed by atoms with E-state index in [0.29, 0.717) is 5.15 Å². The molecule has 0 aliphatic rings. The minimum Gasteiger partial charge on any atom is -0.378 e. The lowest BCUT2D eigenvalue weighted by molar-refractivity contribution is 1.00. The molecule has 0 unspecified atom stereocenters. The molecular formula is C14H17ClN4. The molecule has 4 nitrogen and oxygen atoms in total. The van der Waals surface area contributed by atoms with Crippen LogP contribution in [0, 0.1) is 13.8 Å². The van der Waals surface area contributed by atoms with Crippen molar-refractivity contribution in [1.29, 1.82) is 0 Å². The summed E-state index contributed by atoms with van der Waals surface area (Å²) in [7, 11) is 4.03. The molecule has 2 rings (SSSR count). The van der Waals surface area contributed by atoms with E-state index in [-0.39, 0.29) is 0 Å². The van der Waals surface area contributed by atoms with Crippen LogP contribution in [0.2, 0.25) is 5.15 Å². The molecule has 100 valence electrons. The zero-order valence-electron chi connectivity index (χ0n) is 11.5. The number of benzene rings is 1. The van der Waals surface area contributed by atoms with E-state index in [9.17, 15) is 0 Å². The first-order valence-corrected chi connectivity index (χ1v) is 6.40. The molecule has 1 aromatic carbocycles. The molecule has 0 bridgehead atoms. The molecule has 0 saturated heterocycles. The minimum atomic E-state index is 0.450. The highest BCUT2D eigenvalue weighted by molar-refractivity contribution is 6.30. The van der Waals surface area contributed by atoms with Crippen molar-refractivity contribution in [2.75, 3.05) is 24.3 Å². The van der Waals surface area contributed by atoms with Crippen molar-refractivity contribution in [1.82, 2.24) is 10.2 Å². The number of hydrogen-bond donors (Lipinski definition) is 1. The Morgan fingerprint density at radius 2 is 1.63 bits per heavy atom. The summed E-state index contributed by atoms with van der Waals surface area (Å²) in [4.78, 5) is 2.06. The van der Waals surface area contributed by atoms with Gasteiger partial charge in [0.15, 0.2) is 11.0 Å². The lowest BCUT2D eigenvalue weighted by Gasteiger charge is -2.14. The van der Waals surface area contributed by atoms with E-state index in [0.717, 1.165) is 28.3 Å². The van der Waals surface area contributed by atoms with Gasteiger partial charge in [-0.1, -0.05) is 11.6 Å². The van der Waals surface area contributed by atoms with Gasteiger partial charge < -0.3 is 10.2 Å². The first-order valence-electron chi connectivity index (χ1n) is 6.03. The van der Waals surface area contributed by atoms with E-state index in [2.05, 4.69) is 20.4 Å². The Bertz CT molecular complexity index is 579. The van der Waals surface area contributed by atoms with Crippen molar-refractivity contribution in [2.24, 2.45) is 0 Å². The largest absolute Gasteiger partial charge is 0.378 e. The van der Waals surface area contributed by atoms with Gasteiger partial charge in [-0.25, -0.2) is 0 Å². The second kappa shape index (κ2) is 5.45. The Hall–Kier alpha value is -1.81. The first-order chi connectivity index (χ1) is 8.99. The van der Waals surface area contributed by atoms with Crippen molar-refractivity contribution in [3.05, 3.63) is 40.5 Å². The third-order valence-electron chi connectivity index (χ3n) is 3.11. The maximum absolute atomic E-state index is 5.94. The SMILES string of the molecule is Cc1c(Cl)nnc(Nc2ccc(N(C)C)cc2)c1C. The molecule has 2 aromatic rings. The molecule has 5 heteroatoms. The van der Waals surface area contributed by atoms with Gasteiger partial charge in [0.2, 0.25) is 0 Å². The molecular weight excluding hydrogens is 260 g/mol. The number of nitrogens with zero attached hydrogens (tertiary/aromatic N) is 3. The summed E-state index contributed by atoms with van der Waals surface area (Å²) in [5.74, 6) is 0.736. The van der Waals surface area contributed by atoms with Crippen LogP contribution in [0.3, 0.4) is 0 Å². The number of halogens is 1. The maximum Gasteiger partial charge on any atom is 0.156 e. The average molecular weight is 277 g/mol. The van der Waals surface area contributed by atoms with Gasteiger partial charge in [0, 0.05) is 25.5 Å². The van der Waals surface area contributed by atoms with Crippen LogP contribution < -0.4 is 10.2 Å². The third-order valence-corrected chi connectivity index (χ3v) is 3.47. The van der Waals surface area contributed by atoms with E-state index in [1.54, 1.807) is 0 Å². The molecule has 0 spiro atoms. The topological polar surface area (TPSA) is 41.1 Å². The van der Waals surface area contributed by atoms with E-state index >= 15 is 0 Å². The van der Waals surface area contributed by atoms with Crippen LogP contribution in [0.25, 0.3) is 0 Å². The normalized spacial score (nSPS) is 10.4. The summed E-state index contributed by atoms with van der Waals surface area (Å²) in [6.07, 6.45) is 0. The number of rotatable bonds is 3. The zero-order chi connectivity index (χ0) is 14.0. The molecule has 0 radical (unpaired) electrons. The van der Waals surface area contributed by atoms with Crippen molar-refractivity contribution in [2.45, 2.75) is 13.8 Å². The Morgan fingerprint density at radius 1 is 1.00 bits per heavy atom. The minimum absolute atomic E-state index is 0.450. The van der Waals surface area contributed by atoms with E-state index < -0.39 is 0 Å². The summed E-state index contributed by atoms with van der Waals surface area (Å²) in [5, 5.41) is 11.7. The summed E-state index contributed by atoms with van der Waals surface area (Å²) >= 11 is 5.94. The molecule has 1 heterocycles. The second-order valence-electron chi connectivity index (χ2n) is 4.66. The molecule has 1 aromatic heterocycles. The molecule has 1 N–H and O–H groups in total. The van der Waals surface area contributed by atoms with Crippen LogP contribution >= 0.6 is 11.6 Å². The fourth-order valence-corrected chi connectivity index (χ4v) is 1.85. The zero-order valence-corrected chi connectivity index (χ0v) is 12.3. The van der Waals surface area contributed by atoms with Gasteiger partial charge in [-0.15, -0.1) is 10.2 Å². The highest BCUT2D eigenvalue weighted by Crippen LogP contribution is 2.24. The Labute approximate surface area is 118 Å². The van der Waals surface area contributed by atoms with Crippen molar-refractivity contribution in [3.63, 3.8) is 0 Å². The van der Waals surface area contributed by atoms with E-state index in [4.69, 9.17) is 11.6 Å². The fraction of sp³-hybridized carbons (Fsp3) is 0.286. The fourth-order valence-electron chi connectivity index (χ4n) is 1.67. The highest BCUT2D eigenvalue weighted by Gasteiger charge is 2.08. The summed E-state index contributed by atoms with van der Waals surface area (Å²) in [5.41, 5.74) is 4.09. The molecule has 0 aliphatic carbocycles. The number of hydrogen-bond acceptors (Lipinski definition) is 4. The van der Waals surface area contributed by atoms with Gasteiger partial charge in [0.1, 0.15) is 0 Å². The average Bonchev–Trinajstić information content (AvgIpc) is 2.40. The lowest BCUT2D eigenvalue weighted by atomic mass is 10.2. The van der Waals surface area contributed by atoms with Crippen LogP contribution in [0.4, 0.5) is 17.2 Å². The molecule has 0 amide bonds. The molecule has 0 aliphatic heterocycles. The Kier molecular flexibility index (Phi) is 3.90. The van der Waals surface area contributed by atoms with Crippen molar-refractivity contribution >= 4 is 28.8 Å². The number of anilines is 3. The summed E-state index contributed by atoms with van der Waals surface area (Å²) in [6.45, 7) is 3.92. The van der Waals surface area contributed by atoms with Gasteiger partial charge in [-0.3, -0.25) is 0 Å². The third kappa shape index (κ3) is 2.96. The van der Waals surface area contributed by atoms with E-state index in [1.807, 2.05) is 52.2 Å². The summed E-state index contributed by atoms with van der Waals surface area (Å²) < 4.78 is 0. The van der Waals surface area contributed by atoms with Gasteiger partial charge in [0.25, 0.3) is 0 Å².